The Kier molecular flexibility index (Phi) is 5.35. The van der Waals surface area contributed by atoms with Gasteiger partial charge < -0.3 is 19.7 Å². The van der Waals surface area contributed by atoms with Crippen molar-refractivity contribution in [3.8, 4) is 11.5 Å². The van der Waals surface area contributed by atoms with Crippen LogP contribution in [-0.2, 0) is 0 Å². The fourth-order valence-electron chi connectivity index (χ4n) is 3.38. The highest BCUT2D eigenvalue weighted by Crippen LogP contribution is 2.42. The summed E-state index contributed by atoms with van der Waals surface area (Å²) < 4.78 is 11.5. The van der Waals surface area contributed by atoms with Gasteiger partial charge in [-0.15, -0.1) is 0 Å². The molecule has 0 aliphatic carbocycles. The van der Waals surface area contributed by atoms with Gasteiger partial charge >= 0.3 is 0 Å². The van der Waals surface area contributed by atoms with Crippen LogP contribution in [0.1, 0.15) is 0 Å². The number of hydrogen-bond acceptors (Lipinski definition) is 7. The zero-order valence-electron chi connectivity index (χ0n) is 14.9. The second-order valence-electron chi connectivity index (χ2n) is 6.54. The number of hydrogen-bond donors (Lipinski definition) is 2. The van der Waals surface area contributed by atoms with E-state index >= 15 is 0 Å². The number of ether oxygens (including phenoxy) is 2. The minimum atomic E-state index is -0.204. The first-order valence-electron chi connectivity index (χ1n) is 9.04. The largest absolute Gasteiger partial charge is 0.486 e. The molecule has 0 saturated carbocycles. The molecule has 0 atom stereocenters. The van der Waals surface area contributed by atoms with Gasteiger partial charge in [0.1, 0.15) is 13.2 Å². The minimum Gasteiger partial charge on any atom is -0.486 e. The molecule has 4 rings (SSSR count). The van der Waals surface area contributed by atoms with Crippen molar-refractivity contribution < 1.29 is 9.47 Å². The lowest BCUT2D eigenvalue weighted by Crippen LogP contribution is -2.47. The molecule has 2 aromatic rings. The second-order valence-corrected chi connectivity index (χ2v) is 6.97. The average molecular weight is 392 g/mol. The van der Waals surface area contributed by atoms with E-state index in [1.807, 2.05) is 12.1 Å². The highest BCUT2D eigenvalue weighted by atomic mass is 35.5. The number of rotatable bonds is 5. The molecule has 0 bridgehead atoms. The van der Waals surface area contributed by atoms with Crippen LogP contribution in [-0.4, -0.2) is 67.6 Å². The van der Waals surface area contributed by atoms with Gasteiger partial charge in [0, 0.05) is 56.4 Å². The Bertz CT molecular complexity index is 851. The van der Waals surface area contributed by atoms with E-state index in [1.165, 1.54) is 6.07 Å². The first-order valence-corrected chi connectivity index (χ1v) is 9.42. The fourth-order valence-corrected chi connectivity index (χ4v) is 3.58. The number of aromatic nitrogens is 2. The van der Waals surface area contributed by atoms with Crippen molar-refractivity contribution in [3.63, 3.8) is 0 Å². The van der Waals surface area contributed by atoms with Gasteiger partial charge in [-0.3, -0.25) is 9.69 Å². The molecule has 1 aromatic carbocycles. The molecule has 0 radical (unpaired) electrons. The van der Waals surface area contributed by atoms with Gasteiger partial charge in [-0.1, -0.05) is 11.6 Å². The molecule has 0 amide bonds. The van der Waals surface area contributed by atoms with Crippen molar-refractivity contribution >= 4 is 23.0 Å². The van der Waals surface area contributed by atoms with E-state index < -0.39 is 0 Å². The van der Waals surface area contributed by atoms with Crippen LogP contribution in [0.25, 0.3) is 0 Å². The van der Waals surface area contributed by atoms with Crippen molar-refractivity contribution in [1.82, 2.24) is 15.1 Å². The average Bonchev–Trinajstić information content (AvgIpc) is 2.68. The van der Waals surface area contributed by atoms with Gasteiger partial charge in [-0.25, -0.2) is 5.10 Å². The molecule has 27 heavy (non-hydrogen) atoms. The van der Waals surface area contributed by atoms with Crippen molar-refractivity contribution in [2.75, 3.05) is 62.7 Å². The van der Waals surface area contributed by atoms with Crippen molar-refractivity contribution in [2.45, 2.75) is 0 Å². The summed E-state index contributed by atoms with van der Waals surface area (Å²) in [5.41, 5.74) is 1.54. The number of H-pyrrole nitrogens is 1. The summed E-state index contributed by atoms with van der Waals surface area (Å²) in [7, 11) is 0. The standard InChI is InChI=1S/C18H22ClN5O3/c19-13-9-15(18-16(10-13)26-7-8-27-18)24-5-3-23(4-6-24)2-1-20-14-11-17(25)22-21-12-14/h9-12H,1-8H2,(H2,20,22,25). The third kappa shape index (κ3) is 4.28. The summed E-state index contributed by atoms with van der Waals surface area (Å²) in [5.74, 6) is 1.52. The van der Waals surface area contributed by atoms with Gasteiger partial charge in [0.05, 0.1) is 17.6 Å². The number of piperazine rings is 1. The highest BCUT2D eigenvalue weighted by Gasteiger charge is 2.24. The number of nitrogens with zero attached hydrogens (tertiary/aromatic N) is 3. The maximum Gasteiger partial charge on any atom is 0.266 e. The molecule has 8 nitrogen and oxygen atoms in total. The maximum atomic E-state index is 11.2. The van der Waals surface area contributed by atoms with E-state index in [4.69, 9.17) is 21.1 Å². The Balaban J connectivity index is 1.32. The lowest BCUT2D eigenvalue weighted by atomic mass is 10.2. The third-order valence-corrected chi connectivity index (χ3v) is 4.94. The van der Waals surface area contributed by atoms with Crippen LogP contribution in [0, 0.1) is 0 Å². The van der Waals surface area contributed by atoms with Crippen molar-refractivity contribution in [2.24, 2.45) is 0 Å². The topological polar surface area (TPSA) is 82.7 Å². The fraction of sp³-hybridized carbons (Fsp3) is 0.444. The van der Waals surface area contributed by atoms with Crippen LogP contribution in [0.15, 0.2) is 29.2 Å². The van der Waals surface area contributed by atoms with E-state index in [0.29, 0.717) is 18.2 Å². The quantitative estimate of drug-likeness (QED) is 0.797. The summed E-state index contributed by atoms with van der Waals surface area (Å²) in [6.07, 6.45) is 1.61. The molecule has 0 unspecified atom stereocenters. The molecule has 2 N–H and O–H groups in total. The summed E-state index contributed by atoms with van der Waals surface area (Å²) in [6.45, 7) is 6.43. The predicted octanol–water partition coefficient (Wildman–Crippen LogP) is 1.43. The normalized spacial score (nSPS) is 17.0. The maximum absolute atomic E-state index is 11.2. The summed E-state index contributed by atoms with van der Waals surface area (Å²) in [5, 5.41) is 10.0. The minimum absolute atomic E-state index is 0.204. The van der Waals surface area contributed by atoms with E-state index in [0.717, 1.165) is 62.1 Å². The molecule has 3 heterocycles. The van der Waals surface area contributed by atoms with Gasteiger partial charge in [0.15, 0.2) is 11.5 Å². The van der Waals surface area contributed by atoms with Crippen LogP contribution in [0.3, 0.4) is 0 Å². The number of halogens is 1. The molecule has 144 valence electrons. The van der Waals surface area contributed by atoms with Gasteiger partial charge in [-0.2, -0.15) is 5.10 Å². The molecular weight excluding hydrogens is 370 g/mol. The van der Waals surface area contributed by atoms with Crippen LogP contribution in [0.2, 0.25) is 5.02 Å². The lowest BCUT2D eigenvalue weighted by Gasteiger charge is -2.37. The summed E-state index contributed by atoms with van der Waals surface area (Å²) in [6, 6.07) is 5.27. The first-order chi connectivity index (χ1) is 13.2. The SMILES string of the molecule is O=c1cc(NCCN2CCN(c3cc(Cl)cc4c3OCCO4)CC2)cn[nH]1. The number of anilines is 2. The highest BCUT2D eigenvalue weighted by molar-refractivity contribution is 6.31. The molecule has 1 aromatic heterocycles. The van der Waals surface area contributed by atoms with E-state index in [2.05, 4.69) is 25.3 Å². The Morgan fingerprint density at radius 1 is 1.15 bits per heavy atom. The summed E-state index contributed by atoms with van der Waals surface area (Å²) in [4.78, 5) is 15.9. The Morgan fingerprint density at radius 3 is 2.78 bits per heavy atom. The monoisotopic (exact) mass is 391 g/mol. The molecular formula is C18H22ClN5O3. The molecule has 9 heteroatoms. The molecule has 1 saturated heterocycles. The Morgan fingerprint density at radius 2 is 1.96 bits per heavy atom. The van der Waals surface area contributed by atoms with Crippen LogP contribution < -0.4 is 25.2 Å². The van der Waals surface area contributed by atoms with Gasteiger partial charge in [0.25, 0.3) is 5.56 Å². The molecule has 0 spiro atoms. The van der Waals surface area contributed by atoms with Crippen molar-refractivity contribution in [1.29, 1.82) is 0 Å². The van der Waals surface area contributed by atoms with Gasteiger partial charge in [0.2, 0.25) is 0 Å². The molecule has 2 aliphatic heterocycles. The van der Waals surface area contributed by atoms with E-state index in [9.17, 15) is 4.79 Å². The third-order valence-electron chi connectivity index (χ3n) is 4.72. The smallest absolute Gasteiger partial charge is 0.266 e. The van der Waals surface area contributed by atoms with E-state index in [-0.39, 0.29) is 5.56 Å². The first kappa shape index (κ1) is 17.9. The zero-order chi connectivity index (χ0) is 18.6. The van der Waals surface area contributed by atoms with Crippen LogP contribution in [0.4, 0.5) is 11.4 Å². The number of benzene rings is 1. The molecule has 1 fully saturated rings. The Labute approximate surface area is 162 Å². The number of aromatic amines is 1. The van der Waals surface area contributed by atoms with Crippen molar-refractivity contribution in [3.05, 3.63) is 39.8 Å². The molecule has 2 aliphatic rings. The second kappa shape index (κ2) is 8.06. The van der Waals surface area contributed by atoms with E-state index in [1.54, 1.807) is 6.20 Å². The predicted molar refractivity (Wildman–Crippen MR) is 104 cm³/mol. The van der Waals surface area contributed by atoms with Crippen LogP contribution >= 0.6 is 11.6 Å². The number of fused-ring (bicyclic) bond motifs is 1. The van der Waals surface area contributed by atoms with Crippen LogP contribution in [0.5, 0.6) is 11.5 Å². The lowest BCUT2D eigenvalue weighted by molar-refractivity contribution is 0.171. The Hall–Kier alpha value is -2.45. The zero-order valence-corrected chi connectivity index (χ0v) is 15.7. The number of nitrogens with one attached hydrogen (secondary N) is 2. The van der Waals surface area contributed by atoms with Gasteiger partial charge in [-0.05, 0) is 6.07 Å². The summed E-state index contributed by atoms with van der Waals surface area (Å²) >= 11 is 6.26.